The highest BCUT2D eigenvalue weighted by atomic mass is 16.1. The number of hydrogen-bond donors (Lipinski definition) is 0. The Morgan fingerprint density at radius 3 is 2.45 bits per heavy atom. The van der Waals surface area contributed by atoms with Gasteiger partial charge in [0.1, 0.15) is 5.82 Å². The van der Waals surface area contributed by atoms with Crippen molar-refractivity contribution in [2.45, 2.75) is 65.3 Å². The molecule has 1 fully saturated rings. The van der Waals surface area contributed by atoms with E-state index in [2.05, 4.69) is 55.8 Å². The zero-order valence-electron chi connectivity index (χ0n) is 19.8. The van der Waals surface area contributed by atoms with E-state index in [1.165, 1.54) is 24.8 Å². The molecule has 170 valence electrons. The second-order valence-corrected chi connectivity index (χ2v) is 10.5. The predicted octanol–water partition coefficient (Wildman–Crippen LogP) is 6.33. The summed E-state index contributed by atoms with van der Waals surface area (Å²) in [5, 5.41) is 6.52. The van der Waals surface area contributed by atoms with Crippen LogP contribution >= 0.6 is 0 Å². The van der Waals surface area contributed by atoms with Crippen molar-refractivity contribution in [1.82, 2.24) is 14.2 Å². The maximum atomic E-state index is 13.5. The van der Waals surface area contributed by atoms with Gasteiger partial charge in [0.15, 0.2) is 0 Å². The fourth-order valence-corrected chi connectivity index (χ4v) is 5.02. The largest absolute Gasteiger partial charge is 0.346 e. The molecule has 0 saturated heterocycles. The molecule has 33 heavy (non-hydrogen) atoms. The molecule has 2 heterocycles. The normalized spacial score (nSPS) is 15.7. The van der Waals surface area contributed by atoms with Crippen LogP contribution in [0.3, 0.4) is 0 Å². The van der Waals surface area contributed by atoms with Gasteiger partial charge in [-0.2, -0.15) is 9.78 Å². The van der Waals surface area contributed by atoms with Gasteiger partial charge >= 0.3 is 0 Å². The Morgan fingerprint density at radius 2 is 1.70 bits per heavy atom. The van der Waals surface area contributed by atoms with Gasteiger partial charge in [-0.1, -0.05) is 70.4 Å². The first kappa shape index (κ1) is 21.6. The third-order valence-electron chi connectivity index (χ3n) is 6.53. The summed E-state index contributed by atoms with van der Waals surface area (Å²) in [7, 11) is 0. The fourth-order valence-electron chi connectivity index (χ4n) is 5.02. The Balaban J connectivity index is 1.63. The summed E-state index contributed by atoms with van der Waals surface area (Å²) in [6.45, 7) is 7.64. The van der Waals surface area contributed by atoms with Crippen molar-refractivity contribution in [2.75, 3.05) is 0 Å². The molecule has 1 aliphatic carbocycles. The van der Waals surface area contributed by atoms with E-state index in [1.54, 1.807) is 4.68 Å². The lowest BCUT2D eigenvalue weighted by Crippen LogP contribution is -2.25. The minimum Gasteiger partial charge on any atom is -0.346 e. The third-order valence-corrected chi connectivity index (χ3v) is 6.53. The Labute approximate surface area is 194 Å². The van der Waals surface area contributed by atoms with E-state index in [0.717, 1.165) is 41.7 Å². The molecule has 0 radical (unpaired) electrons. The summed E-state index contributed by atoms with van der Waals surface area (Å²) >= 11 is 0. The molecule has 0 N–H and O–H groups in total. The molecule has 5 rings (SSSR count). The van der Waals surface area contributed by atoms with E-state index in [4.69, 9.17) is 10.1 Å². The number of benzene rings is 2. The molecule has 0 unspecified atom stereocenters. The summed E-state index contributed by atoms with van der Waals surface area (Å²) in [6, 6.07) is 16.0. The second-order valence-electron chi connectivity index (χ2n) is 10.5. The zero-order chi connectivity index (χ0) is 23.0. The Kier molecular flexibility index (Phi) is 5.65. The highest BCUT2D eigenvalue weighted by Crippen LogP contribution is 2.32. The first-order valence-corrected chi connectivity index (χ1v) is 12.0. The third kappa shape index (κ3) is 4.37. The minimum atomic E-state index is -0.0872. The van der Waals surface area contributed by atoms with Crippen molar-refractivity contribution < 1.29 is 0 Å². The Morgan fingerprint density at radius 1 is 1.00 bits per heavy atom. The van der Waals surface area contributed by atoms with Gasteiger partial charge in [0.25, 0.3) is 5.56 Å². The molecule has 0 aliphatic heterocycles. The summed E-state index contributed by atoms with van der Waals surface area (Å²) in [6.07, 6.45) is 9.72. The number of nitrogens with zero attached hydrogens (tertiary/aromatic N) is 4. The van der Waals surface area contributed by atoms with Crippen LogP contribution in [0.2, 0.25) is 0 Å². The van der Waals surface area contributed by atoms with E-state index in [9.17, 15) is 4.79 Å². The van der Waals surface area contributed by atoms with E-state index in [1.807, 2.05) is 30.5 Å². The molecule has 2 aromatic carbocycles. The van der Waals surface area contributed by atoms with Gasteiger partial charge in [0.2, 0.25) is 0 Å². The fraction of sp³-hybridized carbons (Fsp3) is 0.393. The summed E-state index contributed by atoms with van der Waals surface area (Å²) in [5.41, 5.74) is 3.03. The standard InChI is InChI=1S/C28H32N4O/c1-28(2,3)19-31-18-21(22-13-8-10-16-25(22)31)17-29-32-26(20-11-5-4-6-12-20)30-24-15-9-7-14-23(24)27(32)33/h7-10,13-18,20H,4-6,11-12,19H2,1-3H3. The van der Waals surface area contributed by atoms with Gasteiger partial charge in [-0.15, -0.1) is 0 Å². The molecule has 0 spiro atoms. The molecule has 0 amide bonds. The molecule has 0 atom stereocenters. The zero-order valence-corrected chi connectivity index (χ0v) is 19.8. The van der Waals surface area contributed by atoms with Crippen molar-refractivity contribution in [1.29, 1.82) is 0 Å². The van der Waals surface area contributed by atoms with Crippen LogP contribution in [0.1, 0.15) is 70.2 Å². The van der Waals surface area contributed by atoms with Crippen molar-refractivity contribution in [3.63, 3.8) is 0 Å². The SMILES string of the molecule is CC(C)(C)Cn1cc(C=Nn2c(C3CCCCC3)nc3ccccc3c2=O)c2ccccc21. The maximum Gasteiger partial charge on any atom is 0.282 e. The van der Waals surface area contributed by atoms with Crippen LogP contribution < -0.4 is 5.56 Å². The lowest BCUT2D eigenvalue weighted by atomic mass is 9.88. The van der Waals surface area contributed by atoms with Crippen LogP contribution in [0, 0.1) is 5.41 Å². The Hall–Kier alpha value is -3.21. The molecule has 0 bridgehead atoms. The van der Waals surface area contributed by atoms with Gasteiger partial charge in [0.05, 0.1) is 17.1 Å². The van der Waals surface area contributed by atoms with Crippen LogP contribution in [0.4, 0.5) is 0 Å². The highest BCUT2D eigenvalue weighted by Gasteiger charge is 2.22. The monoisotopic (exact) mass is 440 g/mol. The van der Waals surface area contributed by atoms with E-state index >= 15 is 0 Å². The first-order valence-electron chi connectivity index (χ1n) is 12.0. The van der Waals surface area contributed by atoms with Crippen molar-refractivity contribution in [3.8, 4) is 0 Å². The summed E-state index contributed by atoms with van der Waals surface area (Å²) < 4.78 is 3.86. The predicted molar refractivity (Wildman–Crippen MR) is 136 cm³/mol. The molecule has 5 nitrogen and oxygen atoms in total. The molecule has 1 aliphatic rings. The van der Waals surface area contributed by atoms with Crippen molar-refractivity contribution in [3.05, 3.63) is 76.5 Å². The van der Waals surface area contributed by atoms with Crippen LogP contribution in [-0.2, 0) is 6.54 Å². The van der Waals surface area contributed by atoms with E-state index in [0.29, 0.717) is 5.39 Å². The minimum absolute atomic E-state index is 0.0872. The van der Waals surface area contributed by atoms with Crippen molar-refractivity contribution >= 4 is 28.0 Å². The molecule has 5 heteroatoms. The number of aromatic nitrogens is 3. The maximum absolute atomic E-state index is 13.5. The summed E-state index contributed by atoms with van der Waals surface area (Å²) in [4.78, 5) is 18.4. The van der Waals surface area contributed by atoms with E-state index in [-0.39, 0.29) is 16.9 Å². The van der Waals surface area contributed by atoms with Crippen LogP contribution in [0.5, 0.6) is 0 Å². The van der Waals surface area contributed by atoms with Crippen LogP contribution in [0.25, 0.3) is 21.8 Å². The number of rotatable bonds is 4. The van der Waals surface area contributed by atoms with Gasteiger partial charge < -0.3 is 4.57 Å². The molecular formula is C28H32N4O. The molecule has 4 aromatic rings. The van der Waals surface area contributed by atoms with Gasteiger partial charge in [-0.25, -0.2) is 4.98 Å². The van der Waals surface area contributed by atoms with Crippen molar-refractivity contribution in [2.24, 2.45) is 10.5 Å². The van der Waals surface area contributed by atoms with Gasteiger partial charge in [0, 0.05) is 35.1 Å². The number of hydrogen-bond acceptors (Lipinski definition) is 3. The van der Waals surface area contributed by atoms with Gasteiger partial charge in [-0.05, 0) is 36.5 Å². The molecular weight excluding hydrogens is 408 g/mol. The van der Waals surface area contributed by atoms with Crippen LogP contribution in [0.15, 0.2) is 64.6 Å². The Bertz CT molecular complexity index is 1380. The second kappa shape index (κ2) is 8.62. The lowest BCUT2D eigenvalue weighted by Gasteiger charge is -2.22. The summed E-state index contributed by atoms with van der Waals surface area (Å²) in [5.74, 6) is 1.07. The molecule has 2 aromatic heterocycles. The van der Waals surface area contributed by atoms with Gasteiger partial charge in [-0.3, -0.25) is 4.79 Å². The quantitative estimate of drug-likeness (QED) is 0.348. The first-order chi connectivity index (χ1) is 15.9. The number of para-hydroxylation sites is 2. The van der Waals surface area contributed by atoms with Crippen LogP contribution in [-0.4, -0.2) is 20.4 Å². The van der Waals surface area contributed by atoms with E-state index < -0.39 is 0 Å². The highest BCUT2D eigenvalue weighted by molar-refractivity contribution is 5.99. The average Bonchev–Trinajstić information content (AvgIpc) is 3.15. The lowest BCUT2D eigenvalue weighted by molar-refractivity contribution is 0.349. The topological polar surface area (TPSA) is 52.2 Å². The average molecular weight is 441 g/mol. The molecule has 1 saturated carbocycles. The number of fused-ring (bicyclic) bond motifs is 2. The smallest absolute Gasteiger partial charge is 0.282 e.